The van der Waals surface area contributed by atoms with Gasteiger partial charge in [0, 0.05) is 47.9 Å². The van der Waals surface area contributed by atoms with Crippen molar-refractivity contribution in [2.45, 2.75) is 51.0 Å². The molecular weight excluding hydrogens is 335 g/mol. The van der Waals surface area contributed by atoms with Crippen molar-refractivity contribution in [3.05, 3.63) is 29.5 Å². The predicted octanol–water partition coefficient (Wildman–Crippen LogP) is 2.15. The molecule has 1 fully saturated rings. The maximum atomic E-state index is 14.0. The van der Waals surface area contributed by atoms with Gasteiger partial charge in [0.1, 0.15) is 5.75 Å². The normalized spacial score (nSPS) is 21.6. The zero-order valence-corrected chi connectivity index (χ0v) is 15.1. The molecule has 3 rings (SSSR count). The summed E-state index contributed by atoms with van der Waals surface area (Å²) in [6, 6.07) is 4.49. The average molecular weight is 360 g/mol. The number of amides is 1. The number of nitrogens with two attached hydrogens (primary N) is 2. The average Bonchev–Trinajstić information content (AvgIpc) is 3.44. The molecule has 2 unspecified atom stereocenters. The summed E-state index contributed by atoms with van der Waals surface area (Å²) in [4.78, 5) is 17.8. The van der Waals surface area contributed by atoms with Gasteiger partial charge in [-0.2, -0.15) is 4.39 Å². The number of alkyl halides is 1. The van der Waals surface area contributed by atoms with Crippen molar-refractivity contribution >= 4 is 23.4 Å². The van der Waals surface area contributed by atoms with Crippen molar-refractivity contribution in [1.82, 2.24) is 0 Å². The topological polar surface area (TPSA) is 93.9 Å². The minimum atomic E-state index is -2.22. The molecule has 26 heavy (non-hydrogen) atoms. The Hall–Kier alpha value is -2.57. The highest BCUT2D eigenvalue weighted by Crippen LogP contribution is 2.41. The molecule has 1 aromatic rings. The summed E-state index contributed by atoms with van der Waals surface area (Å²) in [5.74, 6) is -0.845. The molecule has 0 aromatic heterocycles. The molecular formula is C19H25FN4O2. The second-order valence-corrected chi connectivity index (χ2v) is 6.91. The Morgan fingerprint density at radius 1 is 1.42 bits per heavy atom. The first-order valence-corrected chi connectivity index (χ1v) is 8.86. The Labute approximate surface area is 152 Å². The minimum absolute atomic E-state index is 0.312. The number of hydrogen-bond acceptors (Lipinski definition) is 5. The maximum Gasteiger partial charge on any atom is 0.316 e. The van der Waals surface area contributed by atoms with Crippen LogP contribution in [0.15, 0.2) is 23.3 Å². The first-order valence-electron chi connectivity index (χ1n) is 8.86. The molecule has 140 valence electrons. The van der Waals surface area contributed by atoms with Gasteiger partial charge in [-0.25, -0.2) is 0 Å². The maximum absolute atomic E-state index is 14.0. The molecule has 0 saturated heterocycles. The smallest absolute Gasteiger partial charge is 0.316 e. The number of allylic oxidation sites excluding steroid dienone is 1. The van der Waals surface area contributed by atoms with Crippen molar-refractivity contribution in [3.8, 4) is 5.75 Å². The molecule has 1 saturated carbocycles. The molecule has 2 atom stereocenters. The Bertz CT molecular complexity index is 758. The van der Waals surface area contributed by atoms with Crippen LogP contribution in [-0.2, 0) is 11.2 Å². The van der Waals surface area contributed by atoms with E-state index in [0.717, 1.165) is 30.5 Å². The monoisotopic (exact) mass is 360 g/mol. The van der Waals surface area contributed by atoms with Gasteiger partial charge in [0.25, 0.3) is 5.91 Å². The SMILES string of the molecule is CC1CCc2c(ccc(C(C=NC3CC3)=CN)c2OC(F)C(N)=O)N1C. The quantitative estimate of drug-likeness (QED) is 0.760. The zero-order chi connectivity index (χ0) is 18.8. The minimum Gasteiger partial charge on any atom is -0.451 e. The lowest BCUT2D eigenvalue weighted by atomic mass is 9.92. The van der Waals surface area contributed by atoms with Crippen LogP contribution in [0.3, 0.4) is 0 Å². The fourth-order valence-electron chi connectivity index (χ4n) is 3.11. The number of carbonyl (C=O) groups excluding carboxylic acids is 1. The van der Waals surface area contributed by atoms with Gasteiger partial charge in [-0.05, 0) is 44.7 Å². The van der Waals surface area contributed by atoms with Gasteiger partial charge >= 0.3 is 6.36 Å². The number of anilines is 1. The lowest BCUT2D eigenvalue weighted by Gasteiger charge is -2.35. The van der Waals surface area contributed by atoms with E-state index in [1.54, 1.807) is 6.21 Å². The predicted molar refractivity (Wildman–Crippen MR) is 101 cm³/mol. The van der Waals surface area contributed by atoms with E-state index in [0.29, 0.717) is 35.4 Å². The molecule has 0 spiro atoms. The van der Waals surface area contributed by atoms with Crippen molar-refractivity contribution in [2.75, 3.05) is 11.9 Å². The Morgan fingerprint density at radius 2 is 2.15 bits per heavy atom. The summed E-state index contributed by atoms with van der Waals surface area (Å²) < 4.78 is 19.4. The number of rotatable bonds is 6. The third-order valence-electron chi connectivity index (χ3n) is 5.00. The molecule has 7 heteroatoms. The highest BCUT2D eigenvalue weighted by atomic mass is 19.1. The highest BCUT2D eigenvalue weighted by molar-refractivity contribution is 6.11. The lowest BCUT2D eigenvalue weighted by molar-refractivity contribution is -0.131. The summed E-state index contributed by atoms with van der Waals surface area (Å²) in [5.41, 5.74) is 13.9. The Balaban J connectivity index is 2.06. The first-order chi connectivity index (χ1) is 12.4. The third-order valence-corrected chi connectivity index (χ3v) is 5.00. The van der Waals surface area contributed by atoms with Gasteiger partial charge in [0.2, 0.25) is 0 Å². The van der Waals surface area contributed by atoms with Gasteiger partial charge in [0.05, 0.1) is 6.04 Å². The highest BCUT2D eigenvalue weighted by Gasteiger charge is 2.28. The van der Waals surface area contributed by atoms with Crippen LogP contribution < -0.4 is 21.1 Å². The molecule has 1 aliphatic heterocycles. The second kappa shape index (κ2) is 7.35. The number of primary amides is 1. The standard InChI is InChI=1S/C19H25FN4O2/c1-11-3-6-15-16(24(11)2)8-7-14(17(15)26-18(20)19(22)25)12(9-21)10-23-13-4-5-13/h7-11,13,18H,3-6,21H2,1-2H3,(H2,22,25). The van der Waals surface area contributed by atoms with Crippen molar-refractivity contribution in [2.24, 2.45) is 16.5 Å². The largest absolute Gasteiger partial charge is 0.451 e. The van der Waals surface area contributed by atoms with Crippen LogP contribution in [0.25, 0.3) is 5.57 Å². The van der Waals surface area contributed by atoms with E-state index in [2.05, 4.69) is 16.8 Å². The van der Waals surface area contributed by atoms with Crippen LogP contribution in [0.2, 0.25) is 0 Å². The fraction of sp³-hybridized carbons (Fsp3) is 0.474. The molecule has 6 nitrogen and oxygen atoms in total. The van der Waals surface area contributed by atoms with E-state index in [1.165, 1.54) is 6.20 Å². The molecule has 4 N–H and O–H groups in total. The summed E-state index contributed by atoms with van der Waals surface area (Å²) in [7, 11) is 1.99. The summed E-state index contributed by atoms with van der Waals surface area (Å²) in [6.07, 6.45) is 4.65. The lowest BCUT2D eigenvalue weighted by Crippen LogP contribution is -2.35. The number of nitrogens with zero attached hydrogens (tertiary/aromatic N) is 2. The van der Waals surface area contributed by atoms with Gasteiger partial charge in [-0.3, -0.25) is 9.79 Å². The van der Waals surface area contributed by atoms with Crippen LogP contribution in [0.5, 0.6) is 5.75 Å². The number of ether oxygens (including phenoxy) is 1. The van der Waals surface area contributed by atoms with Crippen molar-refractivity contribution in [1.29, 1.82) is 0 Å². The van der Waals surface area contributed by atoms with Crippen molar-refractivity contribution in [3.63, 3.8) is 0 Å². The Morgan fingerprint density at radius 3 is 2.77 bits per heavy atom. The molecule has 1 aromatic carbocycles. The van der Waals surface area contributed by atoms with Gasteiger partial charge < -0.3 is 21.1 Å². The van der Waals surface area contributed by atoms with Gasteiger partial charge in [-0.1, -0.05) is 0 Å². The van der Waals surface area contributed by atoms with E-state index < -0.39 is 12.3 Å². The molecule has 0 radical (unpaired) electrons. The van der Waals surface area contributed by atoms with Crippen LogP contribution in [0.1, 0.15) is 37.3 Å². The summed E-state index contributed by atoms with van der Waals surface area (Å²) in [5, 5.41) is 0. The number of carbonyl (C=O) groups is 1. The summed E-state index contributed by atoms with van der Waals surface area (Å²) in [6.45, 7) is 2.13. The number of aliphatic imine (C=N–C) groups is 1. The van der Waals surface area contributed by atoms with E-state index in [9.17, 15) is 9.18 Å². The van der Waals surface area contributed by atoms with Crippen LogP contribution in [0, 0.1) is 0 Å². The number of hydrogen-bond donors (Lipinski definition) is 2. The summed E-state index contributed by atoms with van der Waals surface area (Å²) >= 11 is 0. The van der Waals surface area contributed by atoms with E-state index in [1.807, 2.05) is 19.2 Å². The number of benzene rings is 1. The molecule has 1 aliphatic carbocycles. The number of fused-ring (bicyclic) bond motifs is 1. The molecule has 2 aliphatic rings. The second-order valence-electron chi connectivity index (χ2n) is 6.91. The first kappa shape index (κ1) is 18.2. The van der Waals surface area contributed by atoms with E-state index >= 15 is 0 Å². The zero-order valence-electron chi connectivity index (χ0n) is 15.1. The fourth-order valence-corrected chi connectivity index (χ4v) is 3.11. The van der Waals surface area contributed by atoms with Gasteiger partial charge in [0.15, 0.2) is 0 Å². The van der Waals surface area contributed by atoms with Crippen LogP contribution in [0.4, 0.5) is 10.1 Å². The third kappa shape index (κ3) is 3.66. The molecule has 0 bridgehead atoms. The van der Waals surface area contributed by atoms with E-state index in [-0.39, 0.29) is 0 Å². The van der Waals surface area contributed by atoms with Crippen molar-refractivity contribution < 1.29 is 13.9 Å². The van der Waals surface area contributed by atoms with Gasteiger partial charge in [-0.15, -0.1) is 0 Å². The molecule has 1 amide bonds. The molecule has 1 heterocycles. The Kier molecular flexibility index (Phi) is 5.15. The van der Waals surface area contributed by atoms with Crippen LogP contribution >= 0.6 is 0 Å². The van der Waals surface area contributed by atoms with Crippen LogP contribution in [-0.4, -0.2) is 37.6 Å². The number of halogens is 1. The van der Waals surface area contributed by atoms with E-state index in [4.69, 9.17) is 16.2 Å².